The van der Waals surface area contributed by atoms with E-state index in [1.165, 1.54) is 12.8 Å². The molecule has 1 aliphatic carbocycles. The van der Waals surface area contributed by atoms with Crippen LogP contribution in [0.4, 0.5) is 0 Å². The highest BCUT2D eigenvalue weighted by molar-refractivity contribution is 7.09. The van der Waals surface area contributed by atoms with Crippen molar-refractivity contribution >= 4 is 17.3 Å². The Morgan fingerprint density at radius 1 is 1.42 bits per heavy atom. The molecule has 0 aromatic carbocycles. The Morgan fingerprint density at radius 3 is 2.92 bits per heavy atom. The number of hydrogen-bond acceptors (Lipinski definition) is 5. The minimum Gasteiger partial charge on any atom is -0.474 e. The lowest BCUT2D eigenvalue weighted by Gasteiger charge is -2.21. The molecule has 0 radical (unpaired) electrons. The SMILES string of the molecule is CN=C(NCc1ccnc(OC2CCCC2)c1)N(C)Cc1csc(C)n1. The van der Waals surface area contributed by atoms with E-state index in [9.17, 15) is 0 Å². The molecule has 2 heterocycles. The summed E-state index contributed by atoms with van der Waals surface area (Å²) in [5, 5.41) is 6.58. The van der Waals surface area contributed by atoms with Gasteiger partial charge in [0, 0.05) is 38.3 Å². The van der Waals surface area contributed by atoms with Crippen molar-refractivity contribution in [2.75, 3.05) is 14.1 Å². The Balaban J connectivity index is 1.54. The van der Waals surface area contributed by atoms with Gasteiger partial charge in [-0.1, -0.05) is 0 Å². The summed E-state index contributed by atoms with van der Waals surface area (Å²) in [6, 6.07) is 4.02. The average molecular weight is 374 g/mol. The molecule has 0 amide bonds. The van der Waals surface area contributed by atoms with Crippen molar-refractivity contribution in [2.24, 2.45) is 4.99 Å². The minimum absolute atomic E-state index is 0.325. The van der Waals surface area contributed by atoms with E-state index >= 15 is 0 Å². The number of rotatable bonds is 6. The third-order valence-corrected chi connectivity index (χ3v) is 5.30. The fraction of sp³-hybridized carbons (Fsp3) is 0.526. The molecule has 7 heteroatoms. The molecule has 1 aliphatic rings. The van der Waals surface area contributed by atoms with Gasteiger partial charge in [0.05, 0.1) is 17.2 Å². The van der Waals surface area contributed by atoms with Crippen molar-refractivity contribution < 1.29 is 4.74 Å². The van der Waals surface area contributed by atoms with Crippen molar-refractivity contribution in [3.63, 3.8) is 0 Å². The minimum atomic E-state index is 0.325. The van der Waals surface area contributed by atoms with Crippen molar-refractivity contribution in [3.8, 4) is 5.88 Å². The van der Waals surface area contributed by atoms with Crippen LogP contribution in [0.1, 0.15) is 41.9 Å². The zero-order valence-electron chi connectivity index (χ0n) is 15.7. The first-order valence-electron chi connectivity index (χ1n) is 9.08. The number of nitrogens with zero attached hydrogens (tertiary/aromatic N) is 4. The van der Waals surface area contributed by atoms with Crippen LogP contribution in [-0.2, 0) is 13.1 Å². The lowest BCUT2D eigenvalue weighted by atomic mass is 10.2. The van der Waals surface area contributed by atoms with E-state index in [0.29, 0.717) is 12.6 Å². The predicted molar refractivity (Wildman–Crippen MR) is 106 cm³/mol. The molecule has 0 unspecified atom stereocenters. The Bertz CT molecular complexity index is 739. The maximum atomic E-state index is 5.99. The van der Waals surface area contributed by atoms with E-state index in [1.54, 1.807) is 18.4 Å². The third-order valence-electron chi connectivity index (χ3n) is 4.48. The smallest absolute Gasteiger partial charge is 0.213 e. The molecule has 1 fully saturated rings. The normalized spacial score (nSPS) is 15.3. The summed E-state index contributed by atoms with van der Waals surface area (Å²) >= 11 is 1.67. The summed E-state index contributed by atoms with van der Waals surface area (Å²) in [4.78, 5) is 15.3. The third kappa shape index (κ3) is 5.17. The topological polar surface area (TPSA) is 62.6 Å². The van der Waals surface area contributed by atoms with E-state index in [1.807, 2.05) is 32.3 Å². The van der Waals surface area contributed by atoms with E-state index in [-0.39, 0.29) is 0 Å². The van der Waals surface area contributed by atoms with E-state index in [0.717, 1.165) is 47.5 Å². The fourth-order valence-corrected chi connectivity index (χ4v) is 3.77. The lowest BCUT2D eigenvalue weighted by molar-refractivity contribution is 0.201. The Labute approximate surface area is 159 Å². The second-order valence-electron chi connectivity index (χ2n) is 6.64. The van der Waals surface area contributed by atoms with Crippen LogP contribution in [-0.4, -0.2) is 41.0 Å². The van der Waals surface area contributed by atoms with Crippen LogP contribution in [0.5, 0.6) is 5.88 Å². The summed E-state index contributed by atoms with van der Waals surface area (Å²) in [6.07, 6.45) is 6.92. The Hall–Kier alpha value is -2.15. The van der Waals surface area contributed by atoms with Crippen molar-refractivity contribution in [3.05, 3.63) is 40.0 Å². The molecule has 0 spiro atoms. The molecule has 0 aliphatic heterocycles. The number of ether oxygens (including phenoxy) is 1. The van der Waals surface area contributed by atoms with Crippen LogP contribution in [0.2, 0.25) is 0 Å². The summed E-state index contributed by atoms with van der Waals surface area (Å²) in [7, 11) is 3.82. The first kappa shape index (κ1) is 18.6. The van der Waals surface area contributed by atoms with E-state index in [4.69, 9.17) is 4.74 Å². The predicted octanol–water partition coefficient (Wildman–Crippen LogP) is 3.38. The van der Waals surface area contributed by atoms with Gasteiger partial charge in [-0.25, -0.2) is 9.97 Å². The van der Waals surface area contributed by atoms with E-state index in [2.05, 4.69) is 30.6 Å². The molecule has 0 atom stereocenters. The number of aryl methyl sites for hydroxylation is 1. The van der Waals surface area contributed by atoms with Gasteiger partial charge in [-0.05, 0) is 44.2 Å². The zero-order valence-corrected chi connectivity index (χ0v) is 16.6. The molecule has 2 aromatic rings. The van der Waals surface area contributed by atoms with Crippen LogP contribution in [0.15, 0.2) is 28.7 Å². The molecule has 1 saturated carbocycles. The highest BCUT2D eigenvalue weighted by Gasteiger charge is 2.17. The average Bonchev–Trinajstić information content (AvgIpc) is 3.27. The number of nitrogens with one attached hydrogen (secondary N) is 1. The number of hydrogen-bond donors (Lipinski definition) is 1. The summed E-state index contributed by atoms with van der Waals surface area (Å²) in [5.41, 5.74) is 2.20. The van der Waals surface area contributed by atoms with Crippen LogP contribution in [0.3, 0.4) is 0 Å². The maximum Gasteiger partial charge on any atom is 0.213 e. The van der Waals surface area contributed by atoms with Crippen molar-refractivity contribution in [2.45, 2.75) is 51.8 Å². The molecule has 0 saturated heterocycles. The molecule has 1 N–H and O–H groups in total. The zero-order chi connectivity index (χ0) is 18.4. The second kappa shape index (κ2) is 8.98. The van der Waals surface area contributed by atoms with Gasteiger partial charge in [0.2, 0.25) is 5.88 Å². The first-order chi connectivity index (χ1) is 12.6. The van der Waals surface area contributed by atoms with Gasteiger partial charge in [-0.3, -0.25) is 4.99 Å². The van der Waals surface area contributed by atoms with Gasteiger partial charge >= 0.3 is 0 Å². The van der Waals surface area contributed by atoms with Gasteiger partial charge in [0.15, 0.2) is 5.96 Å². The number of guanidine groups is 1. The molecule has 3 rings (SSSR count). The van der Waals surface area contributed by atoms with Crippen molar-refractivity contribution in [1.29, 1.82) is 0 Å². The van der Waals surface area contributed by atoms with Gasteiger partial charge in [-0.2, -0.15) is 0 Å². The first-order valence-corrected chi connectivity index (χ1v) is 9.96. The van der Waals surface area contributed by atoms with Gasteiger partial charge in [-0.15, -0.1) is 11.3 Å². The molecular formula is C19H27N5OS. The van der Waals surface area contributed by atoms with E-state index < -0.39 is 0 Å². The van der Waals surface area contributed by atoms with Gasteiger partial charge in [0.25, 0.3) is 0 Å². The van der Waals surface area contributed by atoms with Crippen LogP contribution < -0.4 is 10.1 Å². The Morgan fingerprint density at radius 2 is 2.23 bits per heavy atom. The number of aliphatic imine (C=N–C) groups is 1. The quantitative estimate of drug-likeness (QED) is 0.621. The molecule has 140 valence electrons. The van der Waals surface area contributed by atoms with Crippen LogP contribution >= 0.6 is 11.3 Å². The standard InChI is InChI=1S/C19H27N5OS/c1-14-23-16(13-26-14)12-24(3)19(20-2)22-11-15-8-9-21-18(10-15)25-17-6-4-5-7-17/h8-10,13,17H,4-7,11-12H2,1-3H3,(H,20,22). The molecule has 26 heavy (non-hydrogen) atoms. The van der Waals surface area contributed by atoms with Gasteiger partial charge < -0.3 is 15.0 Å². The monoisotopic (exact) mass is 373 g/mol. The summed E-state index contributed by atoms with van der Waals surface area (Å²) in [6.45, 7) is 3.43. The number of pyridine rings is 1. The maximum absolute atomic E-state index is 5.99. The van der Waals surface area contributed by atoms with Crippen LogP contribution in [0.25, 0.3) is 0 Å². The van der Waals surface area contributed by atoms with Crippen LogP contribution in [0, 0.1) is 6.92 Å². The fourth-order valence-electron chi connectivity index (χ4n) is 3.17. The lowest BCUT2D eigenvalue weighted by Crippen LogP contribution is -2.38. The highest BCUT2D eigenvalue weighted by atomic mass is 32.1. The number of aromatic nitrogens is 2. The molecular weight excluding hydrogens is 346 g/mol. The largest absolute Gasteiger partial charge is 0.474 e. The molecule has 0 bridgehead atoms. The summed E-state index contributed by atoms with van der Waals surface area (Å²) in [5.74, 6) is 1.56. The Kier molecular flexibility index (Phi) is 6.44. The number of thiazole rings is 1. The second-order valence-corrected chi connectivity index (χ2v) is 7.70. The molecule has 6 nitrogen and oxygen atoms in total. The summed E-state index contributed by atoms with van der Waals surface area (Å²) < 4.78 is 5.99. The van der Waals surface area contributed by atoms with Gasteiger partial charge in [0.1, 0.15) is 6.10 Å². The van der Waals surface area contributed by atoms with Crippen molar-refractivity contribution in [1.82, 2.24) is 20.2 Å². The highest BCUT2D eigenvalue weighted by Crippen LogP contribution is 2.23. The molecule has 2 aromatic heterocycles.